The molecule has 0 aromatic heterocycles. The molecule has 1 aromatic carbocycles. The summed E-state index contributed by atoms with van der Waals surface area (Å²) in [5, 5.41) is 3.40. The number of benzene rings is 1. The van der Waals surface area contributed by atoms with Crippen molar-refractivity contribution in [3.8, 4) is 0 Å². The minimum absolute atomic E-state index is 0.0813. The molecule has 112 valence electrons. The number of piperidine rings is 1. The van der Waals surface area contributed by atoms with Crippen molar-refractivity contribution >= 4 is 5.69 Å². The molecular formula is C17H27FN2. The van der Waals surface area contributed by atoms with E-state index in [1.165, 1.54) is 19.3 Å². The Balaban J connectivity index is 2.22. The lowest BCUT2D eigenvalue weighted by molar-refractivity contribution is 0.391. The second-order valence-corrected chi connectivity index (χ2v) is 5.80. The summed E-state index contributed by atoms with van der Waals surface area (Å²) < 4.78 is 14.3. The number of anilines is 1. The molecule has 1 atom stereocenters. The van der Waals surface area contributed by atoms with Gasteiger partial charge in [0.2, 0.25) is 0 Å². The Kier molecular flexibility index (Phi) is 5.41. The van der Waals surface area contributed by atoms with Crippen molar-refractivity contribution in [3.05, 3.63) is 29.6 Å². The Morgan fingerprint density at radius 1 is 1.30 bits per heavy atom. The van der Waals surface area contributed by atoms with E-state index in [2.05, 4.69) is 37.1 Å². The van der Waals surface area contributed by atoms with Gasteiger partial charge < -0.3 is 10.2 Å². The number of nitrogens with one attached hydrogen (secondary N) is 1. The normalized spacial score (nSPS) is 18.3. The zero-order valence-electron chi connectivity index (χ0n) is 13.0. The molecule has 1 aliphatic heterocycles. The Labute approximate surface area is 122 Å². The molecule has 3 heteroatoms. The molecule has 0 amide bonds. The highest BCUT2D eigenvalue weighted by Crippen LogP contribution is 2.33. The molecular weight excluding hydrogens is 251 g/mol. The molecule has 2 rings (SSSR count). The van der Waals surface area contributed by atoms with Crippen LogP contribution in [0.4, 0.5) is 10.1 Å². The number of hydrogen-bond donors (Lipinski definition) is 1. The van der Waals surface area contributed by atoms with Gasteiger partial charge in [-0.15, -0.1) is 0 Å². The van der Waals surface area contributed by atoms with Gasteiger partial charge in [0.15, 0.2) is 0 Å². The van der Waals surface area contributed by atoms with Crippen molar-refractivity contribution < 1.29 is 4.39 Å². The fourth-order valence-corrected chi connectivity index (χ4v) is 3.20. The van der Waals surface area contributed by atoms with Gasteiger partial charge in [0.05, 0.1) is 5.69 Å². The smallest absolute Gasteiger partial charge is 0.146 e. The molecule has 1 aliphatic rings. The van der Waals surface area contributed by atoms with E-state index in [0.29, 0.717) is 0 Å². The van der Waals surface area contributed by atoms with Crippen LogP contribution in [0.25, 0.3) is 0 Å². The van der Waals surface area contributed by atoms with Crippen molar-refractivity contribution in [2.75, 3.05) is 24.5 Å². The third-order valence-corrected chi connectivity index (χ3v) is 4.50. The largest absolute Gasteiger partial charge is 0.369 e. The first kappa shape index (κ1) is 15.3. The van der Waals surface area contributed by atoms with Crippen molar-refractivity contribution in [1.82, 2.24) is 5.32 Å². The number of rotatable bonds is 5. The monoisotopic (exact) mass is 278 g/mol. The van der Waals surface area contributed by atoms with Crippen LogP contribution in [0.1, 0.15) is 51.6 Å². The number of para-hydroxylation sites is 1. The van der Waals surface area contributed by atoms with Crippen LogP contribution in [0.3, 0.4) is 0 Å². The van der Waals surface area contributed by atoms with Crippen molar-refractivity contribution in [2.24, 2.45) is 5.92 Å². The van der Waals surface area contributed by atoms with Crippen LogP contribution in [-0.2, 0) is 0 Å². The van der Waals surface area contributed by atoms with Crippen LogP contribution in [-0.4, -0.2) is 19.6 Å². The number of halogens is 1. The van der Waals surface area contributed by atoms with E-state index in [1.807, 2.05) is 6.07 Å². The van der Waals surface area contributed by atoms with Crippen LogP contribution in [0, 0.1) is 11.7 Å². The fourth-order valence-electron chi connectivity index (χ4n) is 3.20. The van der Waals surface area contributed by atoms with E-state index in [9.17, 15) is 4.39 Å². The van der Waals surface area contributed by atoms with Gasteiger partial charge in [-0.25, -0.2) is 4.39 Å². The van der Waals surface area contributed by atoms with Crippen LogP contribution >= 0.6 is 0 Å². The predicted octanol–water partition coefficient (Wildman–Crippen LogP) is 4.12. The molecule has 0 bridgehead atoms. The molecule has 1 heterocycles. The van der Waals surface area contributed by atoms with Gasteiger partial charge in [-0.3, -0.25) is 0 Å². The maximum atomic E-state index is 14.3. The lowest BCUT2D eigenvalue weighted by Gasteiger charge is -2.35. The first-order valence-corrected chi connectivity index (χ1v) is 7.94. The van der Waals surface area contributed by atoms with Crippen molar-refractivity contribution in [1.29, 1.82) is 0 Å². The van der Waals surface area contributed by atoms with Gasteiger partial charge in [-0.2, -0.15) is 0 Å². The van der Waals surface area contributed by atoms with E-state index in [0.717, 1.165) is 36.8 Å². The lowest BCUT2D eigenvalue weighted by atomic mass is 9.93. The quantitative estimate of drug-likeness (QED) is 0.871. The minimum atomic E-state index is -0.0813. The van der Waals surface area contributed by atoms with E-state index < -0.39 is 0 Å². The van der Waals surface area contributed by atoms with E-state index in [1.54, 1.807) is 6.07 Å². The van der Waals surface area contributed by atoms with Crippen molar-refractivity contribution in [2.45, 2.75) is 46.1 Å². The molecule has 20 heavy (non-hydrogen) atoms. The SMILES string of the molecule is CCNC(C)c1cccc(F)c1N1CCC(CC)CC1. The first-order chi connectivity index (χ1) is 9.67. The average Bonchev–Trinajstić information content (AvgIpc) is 2.47. The second-order valence-electron chi connectivity index (χ2n) is 5.80. The summed E-state index contributed by atoms with van der Waals surface area (Å²) in [7, 11) is 0. The molecule has 1 aromatic rings. The highest BCUT2D eigenvalue weighted by Gasteiger charge is 2.23. The van der Waals surface area contributed by atoms with Crippen LogP contribution in [0.5, 0.6) is 0 Å². The Bertz CT molecular complexity index is 425. The number of hydrogen-bond acceptors (Lipinski definition) is 2. The summed E-state index contributed by atoms with van der Waals surface area (Å²) in [4.78, 5) is 2.24. The zero-order chi connectivity index (χ0) is 14.5. The van der Waals surface area contributed by atoms with Gasteiger partial charge in [0, 0.05) is 19.1 Å². The molecule has 1 N–H and O–H groups in total. The molecule has 2 nitrogen and oxygen atoms in total. The number of nitrogens with zero attached hydrogens (tertiary/aromatic N) is 1. The standard InChI is InChI=1S/C17H27FN2/c1-4-14-9-11-20(12-10-14)17-15(13(3)19-5-2)7-6-8-16(17)18/h6-8,13-14,19H,4-5,9-12H2,1-3H3. The predicted molar refractivity (Wildman–Crippen MR) is 83.7 cm³/mol. The van der Waals surface area contributed by atoms with E-state index >= 15 is 0 Å². The van der Waals surface area contributed by atoms with Crippen LogP contribution in [0.2, 0.25) is 0 Å². The Hall–Kier alpha value is -1.09. The summed E-state index contributed by atoms with van der Waals surface area (Å²) in [6.07, 6.45) is 3.60. The fraction of sp³-hybridized carbons (Fsp3) is 0.647. The van der Waals surface area contributed by atoms with Crippen molar-refractivity contribution in [3.63, 3.8) is 0 Å². The van der Waals surface area contributed by atoms with Gasteiger partial charge in [0.25, 0.3) is 0 Å². The molecule has 0 radical (unpaired) electrons. The molecule has 0 saturated carbocycles. The summed E-state index contributed by atoms with van der Waals surface area (Å²) in [6, 6.07) is 5.65. The summed E-state index contributed by atoms with van der Waals surface area (Å²) in [5.74, 6) is 0.731. The van der Waals surface area contributed by atoms with Gasteiger partial charge in [-0.1, -0.05) is 32.4 Å². The Morgan fingerprint density at radius 3 is 2.60 bits per heavy atom. The summed E-state index contributed by atoms with van der Waals surface area (Å²) >= 11 is 0. The van der Waals surface area contributed by atoms with Gasteiger partial charge >= 0.3 is 0 Å². The second kappa shape index (κ2) is 7.07. The average molecular weight is 278 g/mol. The third kappa shape index (κ3) is 3.32. The van der Waals surface area contributed by atoms with Gasteiger partial charge in [0.1, 0.15) is 5.82 Å². The van der Waals surface area contributed by atoms with E-state index in [-0.39, 0.29) is 11.9 Å². The lowest BCUT2D eigenvalue weighted by Crippen LogP contribution is -2.35. The molecule has 1 unspecified atom stereocenters. The van der Waals surface area contributed by atoms with E-state index in [4.69, 9.17) is 0 Å². The molecule has 1 saturated heterocycles. The van der Waals surface area contributed by atoms with Gasteiger partial charge in [-0.05, 0) is 43.9 Å². The molecule has 0 spiro atoms. The maximum Gasteiger partial charge on any atom is 0.146 e. The van der Waals surface area contributed by atoms with Crippen LogP contribution in [0.15, 0.2) is 18.2 Å². The Morgan fingerprint density at radius 2 is 2.00 bits per heavy atom. The molecule has 1 fully saturated rings. The third-order valence-electron chi connectivity index (χ3n) is 4.50. The first-order valence-electron chi connectivity index (χ1n) is 7.94. The highest BCUT2D eigenvalue weighted by atomic mass is 19.1. The zero-order valence-corrected chi connectivity index (χ0v) is 13.0. The summed E-state index contributed by atoms with van der Waals surface area (Å²) in [5.41, 5.74) is 1.90. The summed E-state index contributed by atoms with van der Waals surface area (Å²) in [6.45, 7) is 9.30. The van der Waals surface area contributed by atoms with Crippen LogP contribution < -0.4 is 10.2 Å². The molecule has 0 aliphatic carbocycles. The topological polar surface area (TPSA) is 15.3 Å². The maximum absolute atomic E-state index is 14.3. The minimum Gasteiger partial charge on any atom is -0.369 e. The highest BCUT2D eigenvalue weighted by molar-refractivity contribution is 5.56.